The summed E-state index contributed by atoms with van der Waals surface area (Å²) in [6, 6.07) is 5.76. The summed E-state index contributed by atoms with van der Waals surface area (Å²) in [7, 11) is 0. The molecule has 0 saturated carbocycles. The maximum Gasteiger partial charge on any atom is 0.239 e. The summed E-state index contributed by atoms with van der Waals surface area (Å²) in [5, 5.41) is 0.894. The van der Waals surface area contributed by atoms with E-state index in [1.54, 1.807) is 0 Å². The summed E-state index contributed by atoms with van der Waals surface area (Å²) in [6.45, 7) is 2.38. The molecule has 1 aromatic carbocycles. The number of hydrogen-bond acceptors (Lipinski definition) is 5. The molecule has 0 amide bonds. The Balaban J connectivity index is 2.15. The van der Waals surface area contributed by atoms with E-state index in [4.69, 9.17) is 10.2 Å². The highest BCUT2D eigenvalue weighted by Crippen LogP contribution is 2.32. The molecule has 2 aromatic heterocycles. The van der Waals surface area contributed by atoms with Gasteiger partial charge in [0.05, 0.1) is 5.69 Å². The second-order valence-electron chi connectivity index (χ2n) is 3.86. The maximum absolute atomic E-state index is 5.75. The van der Waals surface area contributed by atoms with Crippen LogP contribution in [0.2, 0.25) is 0 Å². The van der Waals surface area contributed by atoms with Crippen LogP contribution in [0.1, 0.15) is 10.7 Å². The number of aromatic nitrogens is 2. The van der Waals surface area contributed by atoms with E-state index in [-0.39, 0.29) is 0 Å². The lowest BCUT2D eigenvalue weighted by Gasteiger charge is -1.88. The Labute approximate surface area is 116 Å². The Morgan fingerprint density at radius 3 is 2.94 bits per heavy atom. The van der Waals surface area contributed by atoms with Crippen molar-refractivity contribution in [2.24, 2.45) is 5.73 Å². The molecule has 0 aliphatic rings. The molecule has 2 heterocycles. The number of nitrogens with zero attached hydrogens (tertiary/aromatic N) is 2. The number of fused-ring (bicyclic) bond motifs is 1. The molecule has 0 unspecified atom stereocenters. The zero-order valence-electron chi connectivity index (χ0n) is 9.61. The minimum absolute atomic E-state index is 0.442. The molecule has 4 nitrogen and oxygen atoms in total. The first-order chi connectivity index (χ1) is 8.67. The fourth-order valence-corrected chi connectivity index (χ4v) is 2.95. The number of oxazole rings is 1. The number of aryl methyl sites for hydroxylation is 1. The average Bonchev–Trinajstić information content (AvgIpc) is 2.91. The van der Waals surface area contributed by atoms with Gasteiger partial charge in [0, 0.05) is 11.0 Å². The van der Waals surface area contributed by atoms with Crippen molar-refractivity contribution in [1.29, 1.82) is 0 Å². The monoisotopic (exact) mass is 323 g/mol. The fraction of sp³-hybridized carbons (Fsp3) is 0.167. The van der Waals surface area contributed by atoms with Crippen molar-refractivity contribution in [3.05, 3.63) is 33.4 Å². The van der Waals surface area contributed by atoms with Crippen LogP contribution >= 0.6 is 27.3 Å². The normalized spacial score (nSPS) is 11.3. The van der Waals surface area contributed by atoms with Gasteiger partial charge < -0.3 is 10.2 Å². The van der Waals surface area contributed by atoms with Crippen LogP contribution in [0, 0.1) is 6.92 Å². The lowest BCUT2D eigenvalue weighted by atomic mass is 10.3. The second kappa shape index (κ2) is 4.46. The standard InChI is InChI=1S/C12H10BrN3OS/c1-6-11(18-10(5-14)15-6)12-16-8-4-7(13)2-3-9(8)17-12/h2-4H,5,14H2,1H3. The highest BCUT2D eigenvalue weighted by atomic mass is 79.9. The van der Waals surface area contributed by atoms with E-state index >= 15 is 0 Å². The fourth-order valence-electron chi connectivity index (χ4n) is 1.74. The van der Waals surface area contributed by atoms with Gasteiger partial charge in [0.25, 0.3) is 0 Å². The van der Waals surface area contributed by atoms with Gasteiger partial charge in [-0.2, -0.15) is 0 Å². The van der Waals surface area contributed by atoms with Crippen molar-refractivity contribution in [3.8, 4) is 10.8 Å². The third-order valence-electron chi connectivity index (χ3n) is 2.56. The highest BCUT2D eigenvalue weighted by Gasteiger charge is 2.15. The maximum atomic E-state index is 5.75. The first-order valence-electron chi connectivity index (χ1n) is 5.40. The molecule has 0 aliphatic heterocycles. The summed E-state index contributed by atoms with van der Waals surface area (Å²) in [5.74, 6) is 0.609. The Morgan fingerprint density at radius 2 is 2.22 bits per heavy atom. The Hall–Kier alpha value is -1.24. The summed E-state index contributed by atoms with van der Waals surface area (Å²) < 4.78 is 6.73. The minimum atomic E-state index is 0.442. The molecule has 3 aromatic rings. The van der Waals surface area contributed by atoms with Gasteiger partial charge in [-0.25, -0.2) is 9.97 Å². The van der Waals surface area contributed by atoms with Gasteiger partial charge in [-0.3, -0.25) is 0 Å². The molecule has 0 aliphatic carbocycles. The third kappa shape index (κ3) is 1.96. The van der Waals surface area contributed by atoms with E-state index < -0.39 is 0 Å². The number of hydrogen-bond donors (Lipinski definition) is 1. The molecule has 0 spiro atoms. The third-order valence-corrected chi connectivity index (χ3v) is 4.22. The Bertz CT molecular complexity index is 719. The van der Waals surface area contributed by atoms with Crippen LogP contribution in [-0.4, -0.2) is 9.97 Å². The van der Waals surface area contributed by atoms with Gasteiger partial charge in [0.15, 0.2) is 5.58 Å². The van der Waals surface area contributed by atoms with Crippen LogP contribution in [0.15, 0.2) is 27.1 Å². The molecular formula is C12H10BrN3OS. The number of rotatable bonds is 2. The molecule has 92 valence electrons. The van der Waals surface area contributed by atoms with Crippen molar-refractivity contribution in [2.45, 2.75) is 13.5 Å². The predicted molar refractivity (Wildman–Crippen MR) is 75.4 cm³/mol. The zero-order chi connectivity index (χ0) is 12.7. The first-order valence-corrected chi connectivity index (χ1v) is 7.01. The smallest absolute Gasteiger partial charge is 0.239 e. The van der Waals surface area contributed by atoms with Gasteiger partial charge in [0.2, 0.25) is 5.89 Å². The van der Waals surface area contributed by atoms with Crippen LogP contribution in [0.25, 0.3) is 21.9 Å². The van der Waals surface area contributed by atoms with Gasteiger partial charge in [-0.15, -0.1) is 11.3 Å². The van der Waals surface area contributed by atoms with Crippen LogP contribution in [-0.2, 0) is 6.54 Å². The number of thiazole rings is 1. The minimum Gasteiger partial charge on any atom is -0.435 e. The quantitative estimate of drug-likeness (QED) is 0.784. The average molecular weight is 324 g/mol. The SMILES string of the molecule is Cc1nc(CN)sc1-c1nc2cc(Br)ccc2o1. The van der Waals surface area contributed by atoms with E-state index in [1.165, 1.54) is 11.3 Å². The first kappa shape index (κ1) is 11.8. The van der Waals surface area contributed by atoms with Crippen molar-refractivity contribution in [2.75, 3.05) is 0 Å². The molecule has 2 N–H and O–H groups in total. The van der Waals surface area contributed by atoms with Gasteiger partial charge in [0.1, 0.15) is 15.4 Å². The summed E-state index contributed by atoms with van der Waals surface area (Å²) in [4.78, 5) is 9.81. The van der Waals surface area contributed by atoms with Crippen LogP contribution in [0.3, 0.4) is 0 Å². The van der Waals surface area contributed by atoms with E-state index in [0.29, 0.717) is 12.4 Å². The van der Waals surface area contributed by atoms with Gasteiger partial charge >= 0.3 is 0 Å². The van der Waals surface area contributed by atoms with Crippen molar-refractivity contribution in [3.63, 3.8) is 0 Å². The van der Waals surface area contributed by atoms with E-state index in [9.17, 15) is 0 Å². The molecule has 0 atom stereocenters. The van der Waals surface area contributed by atoms with Gasteiger partial charge in [-0.05, 0) is 25.1 Å². The van der Waals surface area contributed by atoms with Crippen LogP contribution in [0.5, 0.6) is 0 Å². The van der Waals surface area contributed by atoms with E-state index in [1.807, 2.05) is 25.1 Å². The molecule has 6 heteroatoms. The molecule has 0 bridgehead atoms. The molecule has 3 rings (SSSR count). The highest BCUT2D eigenvalue weighted by molar-refractivity contribution is 9.10. The Morgan fingerprint density at radius 1 is 1.39 bits per heavy atom. The molecule has 0 radical (unpaired) electrons. The lowest BCUT2D eigenvalue weighted by Crippen LogP contribution is -1.94. The summed E-state index contributed by atoms with van der Waals surface area (Å²) in [5.41, 5.74) is 8.11. The van der Waals surface area contributed by atoms with Crippen molar-refractivity contribution in [1.82, 2.24) is 9.97 Å². The van der Waals surface area contributed by atoms with E-state index in [0.717, 1.165) is 31.2 Å². The van der Waals surface area contributed by atoms with Gasteiger partial charge in [-0.1, -0.05) is 15.9 Å². The Kier molecular flexibility index (Phi) is 2.93. The number of benzene rings is 1. The second-order valence-corrected chi connectivity index (χ2v) is 5.86. The van der Waals surface area contributed by atoms with Crippen molar-refractivity contribution >= 4 is 38.4 Å². The molecule has 0 fully saturated rings. The van der Waals surface area contributed by atoms with Crippen LogP contribution in [0.4, 0.5) is 0 Å². The zero-order valence-corrected chi connectivity index (χ0v) is 12.0. The summed E-state index contributed by atoms with van der Waals surface area (Å²) in [6.07, 6.45) is 0. The molecule has 18 heavy (non-hydrogen) atoms. The number of halogens is 1. The molecule has 0 saturated heterocycles. The predicted octanol–water partition coefficient (Wildman–Crippen LogP) is 3.48. The van der Waals surface area contributed by atoms with Crippen molar-refractivity contribution < 1.29 is 4.42 Å². The largest absolute Gasteiger partial charge is 0.435 e. The van der Waals surface area contributed by atoms with E-state index in [2.05, 4.69) is 25.9 Å². The summed E-state index contributed by atoms with van der Waals surface area (Å²) >= 11 is 4.95. The lowest BCUT2D eigenvalue weighted by molar-refractivity contribution is 0.621. The number of nitrogens with two attached hydrogens (primary N) is 1. The topological polar surface area (TPSA) is 64.9 Å². The van der Waals surface area contributed by atoms with Crippen LogP contribution < -0.4 is 5.73 Å². The molecular weight excluding hydrogens is 314 g/mol.